The Morgan fingerprint density at radius 2 is 2.00 bits per heavy atom. The van der Waals surface area contributed by atoms with Gasteiger partial charge in [-0.2, -0.15) is 0 Å². The van der Waals surface area contributed by atoms with Crippen molar-refractivity contribution in [1.82, 2.24) is 4.98 Å². The molecule has 0 aliphatic heterocycles. The Labute approximate surface area is 120 Å². The zero-order valence-electron chi connectivity index (χ0n) is 10.5. The maximum atomic E-state index is 11.9. The van der Waals surface area contributed by atoms with Crippen molar-refractivity contribution in [2.75, 3.05) is 0 Å². The van der Waals surface area contributed by atoms with E-state index in [9.17, 15) is 4.79 Å². The van der Waals surface area contributed by atoms with Crippen molar-refractivity contribution >= 4 is 21.9 Å². The number of hydrogen-bond acceptors (Lipinski definition) is 3. The summed E-state index contributed by atoms with van der Waals surface area (Å²) in [5.74, 6) is -0.523. The number of nitrogens with zero attached hydrogens (tertiary/aromatic N) is 1. The molecule has 0 spiro atoms. The van der Waals surface area contributed by atoms with Crippen LogP contribution in [0.3, 0.4) is 0 Å². The molecule has 0 fully saturated rings. The largest absolute Gasteiger partial charge is 0.459 e. The number of benzene rings is 1. The fraction of sp³-hybridized carbons (Fsp3) is 0.200. The first-order chi connectivity index (χ1) is 9.16. The molecule has 1 aromatic heterocycles. The lowest BCUT2D eigenvalue weighted by Crippen LogP contribution is -2.13. The van der Waals surface area contributed by atoms with Crippen molar-refractivity contribution in [3.8, 4) is 0 Å². The van der Waals surface area contributed by atoms with Gasteiger partial charge in [0.05, 0.1) is 11.6 Å². The number of esters is 1. The molecule has 2 aromatic rings. The van der Waals surface area contributed by atoms with Crippen LogP contribution in [0.2, 0.25) is 0 Å². The normalized spacial score (nSPS) is 11.9. The highest BCUT2D eigenvalue weighted by atomic mass is 79.9. The highest BCUT2D eigenvalue weighted by Crippen LogP contribution is 2.20. The highest BCUT2D eigenvalue weighted by molar-refractivity contribution is 9.10. The number of ether oxygens (including phenoxy) is 1. The molecule has 1 unspecified atom stereocenters. The van der Waals surface area contributed by atoms with Gasteiger partial charge in [-0.15, -0.1) is 0 Å². The zero-order chi connectivity index (χ0) is 13.7. The second-order valence-electron chi connectivity index (χ2n) is 4.20. The molecule has 1 aromatic carbocycles. The quantitative estimate of drug-likeness (QED) is 0.807. The van der Waals surface area contributed by atoms with Crippen LogP contribution in [-0.2, 0) is 16.1 Å². The second kappa shape index (κ2) is 6.48. The first kappa shape index (κ1) is 13.7. The van der Waals surface area contributed by atoms with E-state index in [1.807, 2.05) is 49.4 Å². The predicted octanol–water partition coefficient (Wildman–Crippen LogP) is 3.69. The summed E-state index contributed by atoms with van der Waals surface area (Å²) in [6.45, 7) is 2.05. The molecule has 4 heteroatoms. The summed E-state index contributed by atoms with van der Waals surface area (Å²) in [7, 11) is 0. The first-order valence-electron chi connectivity index (χ1n) is 5.99. The van der Waals surface area contributed by atoms with Crippen LogP contribution in [0, 0.1) is 0 Å². The smallest absolute Gasteiger partial charge is 0.313 e. The van der Waals surface area contributed by atoms with Crippen molar-refractivity contribution in [3.05, 3.63) is 64.4 Å². The van der Waals surface area contributed by atoms with E-state index in [1.54, 1.807) is 6.20 Å². The maximum absolute atomic E-state index is 11.9. The molecule has 0 radical (unpaired) electrons. The van der Waals surface area contributed by atoms with E-state index in [2.05, 4.69) is 20.9 Å². The van der Waals surface area contributed by atoms with Gasteiger partial charge in [-0.3, -0.25) is 9.78 Å². The van der Waals surface area contributed by atoms with Gasteiger partial charge in [0, 0.05) is 10.7 Å². The van der Waals surface area contributed by atoms with Gasteiger partial charge in [-0.05, 0) is 36.8 Å². The Hall–Kier alpha value is -1.68. The lowest BCUT2D eigenvalue weighted by atomic mass is 10.0. The summed E-state index contributed by atoms with van der Waals surface area (Å²) in [5, 5.41) is 0. The average molecular weight is 320 g/mol. The Balaban J connectivity index is 1.94. The highest BCUT2D eigenvalue weighted by Gasteiger charge is 2.16. The van der Waals surface area contributed by atoms with Crippen LogP contribution in [0.15, 0.2) is 53.1 Å². The van der Waals surface area contributed by atoms with Crippen molar-refractivity contribution in [2.45, 2.75) is 19.4 Å². The third kappa shape index (κ3) is 3.89. The molecule has 0 saturated heterocycles. The minimum Gasteiger partial charge on any atom is -0.459 e. The summed E-state index contributed by atoms with van der Waals surface area (Å²) >= 11 is 3.37. The zero-order valence-corrected chi connectivity index (χ0v) is 12.1. The van der Waals surface area contributed by atoms with Crippen LogP contribution in [0.5, 0.6) is 0 Å². The third-order valence-corrected chi connectivity index (χ3v) is 3.34. The summed E-state index contributed by atoms with van der Waals surface area (Å²) in [6.07, 6.45) is 1.68. The molecule has 2 rings (SSSR count). The molecule has 19 heavy (non-hydrogen) atoms. The van der Waals surface area contributed by atoms with Gasteiger partial charge >= 0.3 is 5.97 Å². The van der Waals surface area contributed by atoms with Crippen molar-refractivity contribution in [1.29, 1.82) is 0 Å². The molecule has 98 valence electrons. The number of rotatable bonds is 4. The van der Waals surface area contributed by atoms with Gasteiger partial charge in [0.2, 0.25) is 0 Å². The number of aromatic nitrogens is 1. The number of halogens is 1. The van der Waals surface area contributed by atoms with E-state index in [0.717, 1.165) is 15.7 Å². The van der Waals surface area contributed by atoms with Crippen LogP contribution >= 0.6 is 15.9 Å². The second-order valence-corrected chi connectivity index (χ2v) is 5.12. The van der Waals surface area contributed by atoms with Gasteiger partial charge in [0.1, 0.15) is 6.61 Å². The summed E-state index contributed by atoms with van der Waals surface area (Å²) in [6, 6.07) is 13.2. The fourth-order valence-electron chi connectivity index (χ4n) is 1.64. The Kier molecular flexibility index (Phi) is 4.68. The third-order valence-electron chi connectivity index (χ3n) is 2.81. The monoisotopic (exact) mass is 319 g/mol. The summed E-state index contributed by atoms with van der Waals surface area (Å²) in [5.41, 5.74) is 1.69. The van der Waals surface area contributed by atoms with E-state index in [0.29, 0.717) is 0 Å². The molecule has 0 N–H and O–H groups in total. The standard InChI is InChI=1S/C15H14BrNO2/c1-11(12-5-7-13(16)8-6-12)15(18)19-10-14-4-2-3-9-17-14/h2-9,11H,10H2,1H3. The molecule has 3 nitrogen and oxygen atoms in total. The van der Waals surface area contributed by atoms with Crippen molar-refractivity contribution in [3.63, 3.8) is 0 Å². The molecule has 1 heterocycles. The van der Waals surface area contributed by atoms with Gasteiger partial charge in [0.15, 0.2) is 0 Å². The summed E-state index contributed by atoms with van der Waals surface area (Å²) < 4.78 is 6.25. The van der Waals surface area contributed by atoms with Crippen molar-refractivity contribution in [2.24, 2.45) is 0 Å². The Morgan fingerprint density at radius 3 is 2.63 bits per heavy atom. The molecule has 0 amide bonds. The van der Waals surface area contributed by atoms with Gasteiger partial charge < -0.3 is 4.74 Å². The van der Waals surface area contributed by atoms with Crippen LogP contribution in [0.4, 0.5) is 0 Å². The van der Waals surface area contributed by atoms with E-state index in [-0.39, 0.29) is 18.5 Å². The first-order valence-corrected chi connectivity index (χ1v) is 6.78. The number of carbonyl (C=O) groups excluding carboxylic acids is 1. The van der Waals surface area contributed by atoms with E-state index in [1.165, 1.54) is 0 Å². The molecule has 1 atom stereocenters. The predicted molar refractivity (Wildman–Crippen MR) is 76.6 cm³/mol. The van der Waals surface area contributed by atoms with Gasteiger partial charge in [-0.1, -0.05) is 34.1 Å². The van der Waals surface area contributed by atoms with Crippen LogP contribution < -0.4 is 0 Å². The molecule has 0 bridgehead atoms. The van der Waals surface area contributed by atoms with Gasteiger partial charge in [0.25, 0.3) is 0 Å². The van der Waals surface area contributed by atoms with E-state index < -0.39 is 0 Å². The minimum absolute atomic E-state index is 0.209. The maximum Gasteiger partial charge on any atom is 0.313 e. The number of pyridine rings is 1. The van der Waals surface area contributed by atoms with Crippen LogP contribution in [-0.4, -0.2) is 11.0 Å². The van der Waals surface area contributed by atoms with E-state index in [4.69, 9.17) is 4.74 Å². The Morgan fingerprint density at radius 1 is 1.26 bits per heavy atom. The molecular formula is C15H14BrNO2. The lowest BCUT2D eigenvalue weighted by Gasteiger charge is -2.11. The fourth-order valence-corrected chi connectivity index (χ4v) is 1.91. The minimum atomic E-state index is -0.281. The van der Waals surface area contributed by atoms with Gasteiger partial charge in [-0.25, -0.2) is 0 Å². The van der Waals surface area contributed by atoms with E-state index >= 15 is 0 Å². The average Bonchev–Trinajstić information content (AvgIpc) is 2.46. The van der Waals surface area contributed by atoms with Crippen LogP contribution in [0.25, 0.3) is 0 Å². The van der Waals surface area contributed by atoms with Crippen molar-refractivity contribution < 1.29 is 9.53 Å². The molecule has 0 saturated carbocycles. The number of hydrogen-bond donors (Lipinski definition) is 0. The SMILES string of the molecule is CC(C(=O)OCc1ccccn1)c1ccc(Br)cc1. The number of carbonyl (C=O) groups is 1. The summed E-state index contributed by atoms with van der Waals surface area (Å²) in [4.78, 5) is 16.1. The molecule has 0 aliphatic carbocycles. The lowest BCUT2D eigenvalue weighted by molar-refractivity contribution is -0.146. The molecule has 0 aliphatic rings. The molecular weight excluding hydrogens is 306 g/mol. The Bertz CT molecular complexity index is 540. The topological polar surface area (TPSA) is 39.2 Å². The van der Waals surface area contributed by atoms with Crippen LogP contribution in [0.1, 0.15) is 24.1 Å².